The number of hydrogen-bond acceptors (Lipinski definition) is 4. The molecule has 0 amide bonds. The predicted molar refractivity (Wildman–Crippen MR) is 115 cm³/mol. The number of carbonyl (C=O) groups excluding carboxylic acids is 1. The van der Waals surface area contributed by atoms with Crippen molar-refractivity contribution in [3.8, 4) is 5.75 Å². The highest BCUT2D eigenvalue weighted by Crippen LogP contribution is 2.32. The molecule has 29 heavy (non-hydrogen) atoms. The van der Waals surface area contributed by atoms with Crippen LogP contribution in [0.3, 0.4) is 0 Å². The number of rotatable bonds is 7. The fraction of sp³-hybridized carbons (Fsp3) is 0.292. The van der Waals surface area contributed by atoms with Gasteiger partial charge in [-0.2, -0.15) is 0 Å². The molecule has 1 aromatic heterocycles. The molecule has 150 valence electrons. The molecule has 5 nitrogen and oxygen atoms in total. The Bertz CT molecular complexity index is 1050. The van der Waals surface area contributed by atoms with E-state index in [1.165, 1.54) is 35.2 Å². The number of methoxy groups -OCH3 is 2. The van der Waals surface area contributed by atoms with Gasteiger partial charge in [-0.05, 0) is 59.2 Å². The van der Waals surface area contributed by atoms with Gasteiger partial charge in [0.05, 0.1) is 19.7 Å². The van der Waals surface area contributed by atoms with Crippen molar-refractivity contribution in [1.29, 1.82) is 0 Å². The Balaban J connectivity index is 1.39. The van der Waals surface area contributed by atoms with Crippen molar-refractivity contribution < 1.29 is 14.3 Å². The zero-order valence-electron chi connectivity index (χ0n) is 16.9. The molecule has 4 rings (SSSR count). The van der Waals surface area contributed by atoms with Crippen molar-refractivity contribution in [1.82, 2.24) is 9.88 Å². The highest BCUT2D eigenvalue weighted by molar-refractivity contribution is 5.87. The van der Waals surface area contributed by atoms with Crippen LogP contribution in [0.25, 0.3) is 17.0 Å². The molecule has 0 radical (unpaired) electrons. The second-order valence-electron chi connectivity index (χ2n) is 7.29. The number of nitrogens with zero attached hydrogens (tertiary/aromatic N) is 1. The number of fused-ring (bicyclic) bond motifs is 2. The quantitative estimate of drug-likeness (QED) is 0.487. The number of benzene rings is 2. The second kappa shape index (κ2) is 8.53. The number of carbonyl (C=O) groups is 1. The first-order valence-electron chi connectivity index (χ1n) is 9.93. The van der Waals surface area contributed by atoms with E-state index >= 15 is 0 Å². The van der Waals surface area contributed by atoms with Gasteiger partial charge >= 0.3 is 5.97 Å². The summed E-state index contributed by atoms with van der Waals surface area (Å²) in [6, 6.07) is 15.1. The van der Waals surface area contributed by atoms with Crippen molar-refractivity contribution in [2.75, 3.05) is 20.8 Å². The van der Waals surface area contributed by atoms with Crippen LogP contribution in [0.2, 0.25) is 0 Å². The van der Waals surface area contributed by atoms with E-state index in [2.05, 4.69) is 57.2 Å². The molecule has 0 saturated heterocycles. The van der Waals surface area contributed by atoms with Crippen molar-refractivity contribution >= 4 is 22.9 Å². The van der Waals surface area contributed by atoms with E-state index in [1.54, 1.807) is 13.2 Å². The molecule has 1 heterocycles. The molecule has 0 saturated carbocycles. The lowest BCUT2D eigenvalue weighted by Crippen LogP contribution is -2.23. The van der Waals surface area contributed by atoms with E-state index < -0.39 is 0 Å². The Labute approximate surface area is 170 Å². The van der Waals surface area contributed by atoms with E-state index in [1.807, 2.05) is 6.07 Å². The average molecular weight is 390 g/mol. The third-order valence-electron chi connectivity index (χ3n) is 5.58. The number of aryl methyl sites for hydroxylation is 1. The summed E-state index contributed by atoms with van der Waals surface area (Å²) in [6.07, 6.45) is 7.55. The summed E-state index contributed by atoms with van der Waals surface area (Å²) in [5, 5.41) is 4.93. The minimum absolute atomic E-state index is 0.333. The Morgan fingerprint density at radius 2 is 2.10 bits per heavy atom. The summed E-state index contributed by atoms with van der Waals surface area (Å²) < 4.78 is 12.3. The van der Waals surface area contributed by atoms with Gasteiger partial charge in [0.2, 0.25) is 0 Å². The first-order valence-corrected chi connectivity index (χ1v) is 9.93. The summed E-state index contributed by atoms with van der Waals surface area (Å²) in [4.78, 5) is 11.3. The Kier molecular flexibility index (Phi) is 5.67. The van der Waals surface area contributed by atoms with Gasteiger partial charge in [-0.3, -0.25) is 0 Å². The Morgan fingerprint density at radius 1 is 1.21 bits per heavy atom. The van der Waals surface area contributed by atoms with Crippen LogP contribution in [0.4, 0.5) is 0 Å². The minimum atomic E-state index is -0.333. The van der Waals surface area contributed by atoms with Gasteiger partial charge in [-0.15, -0.1) is 0 Å². The van der Waals surface area contributed by atoms with Crippen molar-refractivity contribution in [2.24, 2.45) is 0 Å². The second-order valence-corrected chi connectivity index (χ2v) is 7.29. The summed E-state index contributed by atoms with van der Waals surface area (Å²) in [7, 11) is 3.09. The molecule has 0 aliphatic heterocycles. The predicted octanol–water partition coefficient (Wildman–Crippen LogP) is 4.11. The van der Waals surface area contributed by atoms with Gasteiger partial charge < -0.3 is 19.4 Å². The first-order chi connectivity index (χ1) is 14.2. The maximum atomic E-state index is 11.3. The highest BCUT2D eigenvalue weighted by Gasteiger charge is 2.21. The monoisotopic (exact) mass is 390 g/mol. The summed E-state index contributed by atoms with van der Waals surface area (Å²) in [5.74, 6) is 0.549. The van der Waals surface area contributed by atoms with Crippen LogP contribution in [0.5, 0.6) is 5.75 Å². The molecule has 3 aromatic rings. The van der Waals surface area contributed by atoms with Gasteiger partial charge in [0.1, 0.15) is 5.75 Å². The van der Waals surface area contributed by atoms with E-state index in [0.717, 1.165) is 37.2 Å². The van der Waals surface area contributed by atoms with Crippen LogP contribution in [-0.2, 0) is 22.5 Å². The molecule has 1 atom stereocenters. The Morgan fingerprint density at radius 3 is 2.93 bits per heavy atom. The molecular formula is C24H26N2O3. The third-order valence-corrected chi connectivity index (χ3v) is 5.58. The molecule has 0 spiro atoms. The van der Waals surface area contributed by atoms with Gasteiger partial charge in [-0.1, -0.05) is 18.2 Å². The Hall–Kier alpha value is -3.05. The summed E-state index contributed by atoms with van der Waals surface area (Å²) in [6.45, 7) is 1.80. The smallest absolute Gasteiger partial charge is 0.330 e. The molecule has 1 N–H and O–H groups in total. The van der Waals surface area contributed by atoms with E-state index in [4.69, 9.17) is 4.74 Å². The number of aromatic nitrogens is 1. The molecule has 1 aliphatic rings. The number of esters is 1. The van der Waals surface area contributed by atoms with Crippen LogP contribution in [-0.4, -0.2) is 31.3 Å². The van der Waals surface area contributed by atoms with Crippen LogP contribution in [0.15, 0.2) is 54.7 Å². The van der Waals surface area contributed by atoms with Gasteiger partial charge in [0.25, 0.3) is 0 Å². The van der Waals surface area contributed by atoms with Crippen LogP contribution in [0.1, 0.15) is 29.2 Å². The summed E-state index contributed by atoms with van der Waals surface area (Å²) >= 11 is 0. The normalized spacial score (nSPS) is 15.7. The lowest BCUT2D eigenvalue weighted by molar-refractivity contribution is -0.134. The number of ether oxygens (including phenoxy) is 2. The fourth-order valence-electron chi connectivity index (χ4n) is 4.03. The molecule has 0 fully saturated rings. The van der Waals surface area contributed by atoms with Gasteiger partial charge in [0, 0.05) is 37.5 Å². The lowest BCUT2D eigenvalue weighted by atomic mass is 10.0. The highest BCUT2D eigenvalue weighted by atomic mass is 16.5. The van der Waals surface area contributed by atoms with E-state index in [-0.39, 0.29) is 5.97 Å². The summed E-state index contributed by atoms with van der Waals surface area (Å²) in [5.41, 5.74) is 4.94. The molecular weight excluding hydrogens is 364 g/mol. The van der Waals surface area contributed by atoms with Crippen molar-refractivity contribution in [3.63, 3.8) is 0 Å². The zero-order chi connectivity index (χ0) is 20.2. The number of hydrogen-bond donors (Lipinski definition) is 1. The maximum absolute atomic E-state index is 11.3. The molecule has 5 heteroatoms. The van der Waals surface area contributed by atoms with Gasteiger partial charge in [-0.25, -0.2) is 4.79 Å². The van der Waals surface area contributed by atoms with Crippen LogP contribution in [0, 0.1) is 0 Å². The lowest BCUT2D eigenvalue weighted by Gasteiger charge is -2.15. The maximum Gasteiger partial charge on any atom is 0.330 e. The average Bonchev–Trinajstić information content (AvgIpc) is 3.35. The van der Waals surface area contributed by atoms with Gasteiger partial charge in [0.15, 0.2) is 0 Å². The first kappa shape index (κ1) is 19.3. The van der Waals surface area contributed by atoms with Crippen molar-refractivity contribution in [2.45, 2.75) is 25.4 Å². The third kappa shape index (κ3) is 4.20. The SMILES string of the molecule is COC(=O)C=Cc1ccc2c(c1)CCC2NCCn1ccc2ccc(OC)cc21. The number of nitrogens with one attached hydrogen (secondary N) is 1. The van der Waals surface area contributed by atoms with Crippen LogP contribution < -0.4 is 10.1 Å². The minimum Gasteiger partial charge on any atom is -0.497 e. The fourth-order valence-corrected chi connectivity index (χ4v) is 4.03. The standard InChI is InChI=1S/C24H26N2O3/c1-28-20-7-5-18-11-13-26(23(18)16-20)14-12-25-22-9-6-19-15-17(3-8-21(19)22)4-10-24(27)29-2/h3-5,7-8,10-11,13,15-16,22,25H,6,9,12,14H2,1-2H3. The molecule has 1 unspecified atom stereocenters. The van der Waals surface area contributed by atoms with Crippen LogP contribution >= 0.6 is 0 Å². The van der Waals surface area contributed by atoms with Crippen molar-refractivity contribution in [3.05, 3.63) is 71.4 Å². The molecule has 0 bridgehead atoms. The molecule has 2 aromatic carbocycles. The van der Waals surface area contributed by atoms with E-state index in [9.17, 15) is 4.79 Å². The molecule has 1 aliphatic carbocycles. The van der Waals surface area contributed by atoms with E-state index in [0.29, 0.717) is 6.04 Å². The largest absolute Gasteiger partial charge is 0.497 e. The zero-order valence-corrected chi connectivity index (χ0v) is 16.9. The topological polar surface area (TPSA) is 52.5 Å².